The Kier molecular flexibility index (Phi) is 10.1. The molecular formula is C28H38ClFN10O2. The minimum absolute atomic E-state index is 0.0210. The van der Waals surface area contributed by atoms with Gasteiger partial charge in [0.15, 0.2) is 11.6 Å². The van der Waals surface area contributed by atoms with Crippen LogP contribution in [0.4, 0.5) is 27.9 Å². The Bertz CT molecular complexity index is 1520. The second-order valence-electron chi connectivity index (χ2n) is 11.0. The zero-order valence-corrected chi connectivity index (χ0v) is 24.8. The molecule has 0 saturated heterocycles. The maximum atomic E-state index is 13.7. The quantitative estimate of drug-likeness (QED) is 0.105. The van der Waals surface area contributed by atoms with Gasteiger partial charge < -0.3 is 31.9 Å². The van der Waals surface area contributed by atoms with Crippen molar-refractivity contribution >= 4 is 57.2 Å². The van der Waals surface area contributed by atoms with E-state index in [2.05, 4.69) is 52.8 Å². The summed E-state index contributed by atoms with van der Waals surface area (Å²) in [5.74, 6) is 0.716. The Morgan fingerprint density at radius 1 is 0.857 bits per heavy atom. The molecule has 0 fully saturated rings. The molecule has 0 aliphatic rings. The molecule has 7 N–H and O–H groups in total. The summed E-state index contributed by atoms with van der Waals surface area (Å²) in [7, 11) is 0. The molecule has 4 rings (SSSR count). The van der Waals surface area contributed by atoms with Crippen LogP contribution in [0.2, 0.25) is 5.02 Å². The van der Waals surface area contributed by atoms with Gasteiger partial charge in [-0.15, -0.1) is 0 Å². The first kappa shape index (κ1) is 31.3. The standard InChI is InChI=1S/C28H38ClFN10O2/c1-4-5-8-27(2,15-41)40-24-21-19(11-17(29)13-33-21)36-26(38-24)32-10-7-6-9-28(3,16-42)39-23-22-20(35-25(31)37-23)12-18(30)14-34-22/h11-14,41-42H,4-10,15-16H2,1-3H3,(H3,31,35,37,39)(H2,32,36,38,40)/t27-,28-/m1/s1. The number of nitrogens with one attached hydrogen (secondary N) is 3. The van der Waals surface area contributed by atoms with Crippen LogP contribution in [0.1, 0.15) is 59.3 Å². The van der Waals surface area contributed by atoms with Gasteiger partial charge in [-0.1, -0.05) is 31.4 Å². The van der Waals surface area contributed by atoms with Crippen molar-refractivity contribution < 1.29 is 14.6 Å². The van der Waals surface area contributed by atoms with E-state index in [9.17, 15) is 14.6 Å². The van der Waals surface area contributed by atoms with Crippen LogP contribution >= 0.6 is 11.6 Å². The zero-order chi connectivity index (χ0) is 30.3. The second kappa shape index (κ2) is 13.5. The number of nitrogens with two attached hydrogens (primary N) is 1. The predicted molar refractivity (Wildman–Crippen MR) is 164 cm³/mol. The maximum Gasteiger partial charge on any atom is 0.225 e. The van der Waals surface area contributed by atoms with Crippen molar-refractivity contribution in [2.45, 2.75) is 70.4 Å². The topological polar surface area (TPSA) is 180 Å². The molecule has 0 unspecified atom stereocenters. The molecule has 4 heterocycles. The largest absolute Gasteiger partial charge is 0.394 e. The van der Waals surface area contributed by atoms with Gasteiger partial charge in [0.2, 0.25) is 11.9 Å². The van der Waals surface area contributed by atoms with E-state index in [-0.39, 0.29) is 24.7 Å². The molecule has 4 aromatic rings. The molecule has 42 heavy (non-hydrogen) atoms. The number of unbranched alkanes of at least 4 members (excludes halogenated alkanes) is 2. The fourth-order valence-corrected chi connectivity index (χ4v) is 4.75. The lowest BCUT2D eigenvalue weighted by Gasteiger charge is -2.30. The van der Waals surface area contributed by atoms with Crippen LogP contribution in [0.3, 0.4) is 0 Å². The van der Waals surface area contributed by atoms with Crippen molar-refractivity contribution in [3.05, 3.63) is 35.4 Å². The predicted octanol–water partition coefficient (Wildman–Crippen LogP) is 4.54. The number of pyridine rings is 2. The molecule has 14 heteroatoms. The highest BCUT2D eigenvalue weighted by molar-refractivity contribution is 6.31. The van der Waals surface area contributed by atoms with E-state index in [1.807, 2.05) is 13.8 Å². The monoisotopic (exact) mass is 600 g/mol. The average Bonchev–Trinajstić information content (AvgIpc) is 2.95. The lowest BCUT2D eigenvalue weighted by atomic mass is 9.95. The number of hydrogen-bond donors (Lipinski definition) is 6. The molecule has 226 valence electrons. The number of nitrogen functional groups attached to an aromatic ring is 1. The maximum absolute atomic E-state index is 13.7. The Balaban J connectivity index is 1.41. The number of aromatic nitrogens is 6. The summed E-state index contributed by atoms with van der Waals surface area (Å²) in [5, 5.41) is 30.6. The first-order valence-electron chi connectivity index (χ1n) is 14.0. The van der Waals surface area contributed by atoms with E-state index in [1.165, 1.54) is 6.07 Å². The van der Waals surface area contributed by atoms with Crippen LogP contribution in [0, 0.1) is 5.82 Å². The molecule has 0 aromatic carbocycles. The highest BCUT2D eigenvalue weighted by Crippen LogP contribution is 2.28. The van der Waals surface area contributed by atoms with Crippen LogP contribution in [0.5, 0.6) is 0 Å². The van der Waals surface area contributed by atoms with Gasteiger partial charge in [-0.05, 0) is 45.6 Å². The van der Waals surface area contributed by atoms with Gasteiger partial charge >= 0.3 is 0 Å². The molecule has 0 bridgehead atoms. The van der Waals surface area contributed by atoms with Gasteiger partial charge in [0, 0.05) is 18.8 Å². The molecule has 0 aliphatic heterocycles. The number of aliphatic hydroxyl groups is 2. The van der Waals surface area contributed by atoms with Crippen LogP contribution < -0.4 is 21.7 Å². The summed E-state index contributed by atoms with van der Waals surface area (Å²) < 4.78 is 13.7. The summed E-state index contributed by atoms with van der Waals surface area (Å²) in [6.45, 7) is 6.26. The average molecular weight is 601 g/mol. The van der Waals surface area contributed by atoms with Crippen molar-refractivity contribution in [2.24, 2.45) is 0 Å². The summed E-state index contributed by atoms with van der Waals surface area (Å²) in [6, 6.07) is 2.97. The van der Waals surface area contributed by atoms with Crippen molar-refractivity contribution in [2.75, 3.05) is 41.4 Å². The van der Waals surface area contributed by atoms with E-state index in [0.29, 0.717) is 52.1 Å². The lowest BCUT2D eigenvalue weighted by Crippen LogP contribution is -2.39. The second-order valence-corrected chi connectivity index (χ2v) is 11.5. The Morgan fingerprint density at radius 2 is 1.48 bits per heavy atom. The van der Waals surface area contributed by atoms with E-state index in [1.54, 1.807) is 12.3 Å². The number of aliphatic hydroxyl groups excluding tert-OH is 2. The summed E-state index contributed by atoms with van der Waals surface area (Å²) in [4.78, 5) is 26.1. The number of fused-ring (bicyclic) bond motifs is 2. The molecular weight excluding hydrogens is 563 g/mol. The zero-order valence-electron chi connectivity index (χ0n) is 24.1. The third kappa shape index (κ3) is 7.78. The highest BCUT2D eigenvalue weighted by atomic mass is 35.5. The fourth-order valence-electron chi connectivity index (χ4n) is 4.60. The first-order valence-corrected chi connectivity index (χ1v) is 14.4. The van der Waals surface area contributed by atoms with Crippen molar-refractivity contribution in [1.29, 1.82) is 0 Å². The minimum Gasteiger partial charge on any atom is -0.394 e. The molecule has 12 nitrogen and oxygen atoms in total. The SMILES string of the molecule is CCCC[C@](C)(CO)Nc1nc(NCCCC[C@](C)(CO)Nc2nc(N)nc3cc(F)cnc23)nc2cc(Cl)cnc12. The Hall–Kier alpha value is -3.68. The van der Waals surface area contributed by atoms with E-state index in [4.69, 9.17) is 17.3 Å². The van der Waals surface area contributed by atoms with Gasteiger partial charge in [-0.2, -0.15) is 9.97 Å². The third-order valence-corrected chi connectivity index (χ3v) is 7.29. The van der Waals surface area contributed by atoms with Crippen molar-refractivity contribution in [3.8, 4) is 0 Å². The first-order chi connectivity index (χ1) is 20.1. The van der Waals surface area contributed by atoms with Crippen LogP contribution in [-0.4, -0.2) is 71.0 Å². The summed E-state index contributed by atoms with van der Waals surface area (Å²) >= 11 is 6.19. The summed E-state index contributed by atoms with van der Waals surface area (Å²) in [5.41, 5.74) is 6.31. The number of anilines is 4. The van der Waals surface area contributed by atoms with Crippen molar-refractivity contribution in [3.63, 3.8) is 0 Å². The van der Waals surface area contributed by atoms with Gasteiger partial charge in [0.05, 0.1) is 46.5 Å². The van der Waals surface area contributed by atoms with E-state index >= 15 is 0 Å². The number of halogens is 2. The number of rotatable bonds is 15. The summed E-state index contributed by atoms with van der Waals surface area (Å²) in [6.07, 6.45) is 7.44. The van der Waals surface area contributed by atoms with E-state index < -0.39 is 16.9 Å². The molecule has 4 aromatic heterocycles. The van der Waals surface area contributed by atoms with Crippen LogP contribution in [0.15, 0.2) is 24.5 Å². The van der Waals surface area contributed by atoms with E-state index in [0.717, 1.165) is 38.3 Å². The van der Waals surface area contributed by atoms with Gasteiger partial charge in [0.1, 0.15) is 16.9 Å². The normalized spacial score (nSPS) is 14.5. The van der Waals surface area contributed by atoms with Crippen molar-refractivity contribution in [1.82, 2.24) is 29.9 Å². The molecule has 2 atom stereocenters. The minimum atomic E-state index is -0.740. The fraction of sp³-hybridized carbons (Fsp3) is 0.500. The lowest BCUT2D eigenvalue weighted by molar-refractivity contribution is 0.212. The molecule has 0 radical (unpaired) electrons. The molecule has 0 aliphatic carbocycles. The Morgan fingerprint density at radius 3 is 2.14 bits per heavy atom. The highest BCUT2D eigenvalue weighted by Gasteiger charge is 2.26. The van der Waals surface area contributed by atoms with Crippen LogP contribution in [-0.2, 0) is 0 Å². The molecule has 0 amide bonds. The van der Waals surface area contributed by atoms with Gasteiger partial charge in [0.25, 0.3) is 0 Å². The van der Waals surface area contributed by atoms with Gasteiger partial charge in [-0.3, -0.25) is 0 Å². The molecule has 0 saturated carbocycles. The smallest absolute Gasteiger partial charge is 0.225 e. The molecule has 0 spiro atoms. The number of hydrogen-bond acceptors (Lipinski definition) is 12. The van der Waals surface area contributed by atoms with Gasteiger partial charge in [-0.25, -0.2) is 24.3 Å². The van der Waals surface area contributed by atoms with Crippen LogP contribution in [0.25, 0.3) is 22.1 Å². The number of nitrogens with zero attached hydrogens (tertiary/aromatic N) is 6. The Labute approximate surface area is 248 Å². The third-order valence-electron chi connectivity index (χ3n) is 7.08.